The molecule has 3 aromatic heterocycles. The second kappa shape index (κ2) is 5.42. The van der Waals surface area contributed by atoms with E-state index in [-0.39, 0.29) is 0 Å². The van der Waals surface area contributed by atoms with Crippen LogP contribution in [-0.4, -0.2) is 29.1 Å². The maximum atomic E-state index is 14.9. The van der Waals surface area contributed by atoms with Crippen molar-refractivity contribution < 1.29 is 8.78 Å². The van der Waals surface area contributed by atoms with E-state index in [4.69, 9.17) is 0 Å². The number of halogens is 2. The maximum Gasteiger partial charge on any atom is 0.313 e. The fraction of sp³-hybridized carbons (Fsp3) is 0.263. The van der Waals surface area contributed by atoms with Gasteiger partial charge in [0.15, 0.2) is 5.65 Å². The smallest absolute Gasteiger partial charge is 0.313 e. The SMILES string of the molecule is Cc1ncc(C)n2nc(C(F)(F)Cc3cn4c(n3)-c3ccccc3C4)nc12. The van der Waals surface area contributed by atoms with Gasteiger partial charge in [0.05, 0.1) is 23.5 Å². The van der Waals surface area contributed by atoms with E-state index < -0.39 is 18.2 Å². The van der Waals surface area contributed by atoms with Gasteiger partial charge in [0, 0.05) is 24.5 Å². The summed E-state index contributed by atoms with van der Waals surface area (Å²) in [5, 5.41) is 4.02. The van der Waals surface area contributed by atoms with Crippen LogP contribution in [0, 0.1) is 13.8 Å². The van der Waals surface area contributed by atoms with Gasteiger partial charge in [-0.1, -0.05) is 24.3 Å². The lowest BCUT2D eigenvalue weighted by Crippen LogP contribution is -2.19. The van der Waals surface area contributed by atoms with Gasteiger partial charge in [0.2, 0.25) is 5.82 Å². The average molecular weight is 366 g/mol. The molecule has 1 aromatic carbocycles. The summed E-state index contributed by atoms with van der Waals surface area (Å²) in [5.41, 5.74) is 4.05. The van der Waals surface area contributed by atoms with Crippen molar-refractivity contribution in [1.82, 2.24) is 29.1 Å². The number of benzene rings is 1. The number of rotatable bonds is 3. The van der Waals surface area contributed by atoms with Gasteiger partial charge < -0.3 is 4.57 Å². The van der Waals surface area contributed by atoms with E-state index in [1.807, 2.05) is 28.8 Å². The van der Waals surface area contributed by atoms with E-state index in [2.05, 4.69) is 20.1 Å². The molecule has 4 aromatic rings. The molecule has 0 spiro atoms. The predicted octanol–water partition coefficient (Wildman–Crippen LogP) is 3.30. The number of alkyl halides is 2. The summed E-state index contributed by atoms with van der Waals surface area (Å²) in [5.74, 6) is -2.99. The molecule has 4 heterocycles. The quantitative estimate of drug-likeness (QED) is 0.492. The number of fused-ring (bicyclic) bond motifs is 4. The van der Waals surface area contributed by atoms with E-state index >= 15 is 0 Å². The Balaban J connectivity index is 1.50. The summed E-state index contributed by atoms with van der Waals surface area (Å²) in [4.78, 5) is 12.6. The predicted molar refractivity (Wildman–Crippen MR) is 94.6 cm³/mol. The summed E-state index contributed by atoms with van der Waals surface area (Å²) in [6.07, 6.45) is 2.74. The molecular formula is C19H16F2N6. The molecular weight excluding hydrogens is 350 g/mol. The van der Waals surface area contributed by atoms with Crippen LogP contribution in [0.3, 0.4) is 0 Å². The second-order valence-electron chi connectivity index (χ2n) is 6.88. The average Bonchev–Trinajstić information content (AvgIpc) is 3.31. The molecule has 0 bridgehead atoms. The third kappa shape index (κ3) is 2.43. The molecule has 0 aliphatic carbocycles. The number of nitrogens with zero attached hydrogens (tertiary/aromatic N) is 6. The summed E-state index contributed by atoms with van der Waals surface area (Å²) in [6, 6.07) is 7.88. The van der Waals surface area contributed by atoms with Crippen molar-refractivity contribution in [3.05, 3.63) is 65.1 Å². The minimum atomic E-state index is -3.22. The fourth-order valence-corrected chi connectivity index (χ4v) is 3.51. The topological polar surface area (TPSA) is 60.9 Å². The zero-order valence-electron chi connectivity index (χ0n) is 14.8. The van der Waals surface area contributed by atoms with E-state index in [1.165, 1.54) is 4.52 Å². The molecule has 0 fully saturated rings. The lowest BCUT2D eigenvalue weighted by molar-refractivity contribution is -0.0138. The Bertz CT molecular complexity index is 1150. The van der Waals surface area contributed by atoms with E-state index in [0.29, 0.717) is 29.3 Å². The monoisotopic (exact) mass is 366 g/mol. The Kier molecular flexibility index (Phi) is 3.22. The summed E-state index contributed by atoms with van der Waals surface area (Å²) >= 11 is 0. The Labute approximate surface area is 153 Å². The molecule has 0 amide bonds. The number of aromatic nitrogens is 6. The van der Waals surface area contributed by atoms with Crippen molar-refractivity contribution in [1.29, 1.82) is 0 Å². The summed E-state index contributed by atoms with van der Waals surface area (Å²) < 4.78 is 33.1. The van der Waals surface area contributed by atoms with Gasteiger partial charge in [-0.2, -0.15) is 8.78 Å². The first kappa shape index (κ1) is 16.0. The first-order valence-electron chi connectivity index (χ1n) is 8.64. The molecule has 0 saturated carbocycles. The van der Waals surface area contributed by atoms with Crippen LogP contribution in [-0.2, 0) is 18.9 Å². The van der Waals surface area contributed by atoms with E-state index in [0.717, 1.165) is 17.0 Å². The van der Waals surface area contributed by atoms with Gasteiger partial charge in [-0.05, 0) is 19.4 Å². The van der Waals surface area contributed by atoms with Gasteiger partial charge in [-0.15, -0.1) is 5.10 Å². The van der Waals surface area contributed by atoms with Crippen LogP contribution in [0.1, 0.15) is 28.5 Å². The zero-order valence-corrected chi connectivity index (χ0v) is 14.8. The first-order chi connectivity index (χ1) is 12.9. The molecule has 1 aliphatic rings. The molecule has 0 unspecified atom stereocenters. The number of imidazole rings is 1. The maximum absolute atomic E-state index is 14.9. The number of hydrogen-bond donors (Lipinski definition) is 0. The highest BCUT2D eigenvalue weighted by atomic mass is 19.3. The lowest BCUT2D eigenvalue weighted by Gasteiger charge is -2.10. The minimum absolute atomic E-state index is 0.329. The highest BCUT2D eigenvalue weighted by Gasteiger charge is 2.38. The van der Waals surface area contributed by atoms with Crippen LogP contribution in [0.2, 0.25) is 0 Å². The second-order valence-corrected chi connectivity index (χ2v) is 6.88. The van der Waals surface area contributed by atoms with Crippen molar-refractivity contribution >= 4 is 5.65 Å². The van der Waals surface area contributed by atoms with Crippen LogP contribution in [0.4, 0.5) is 8.78 Å². The van der Waals surface area contributed by atoms with Crippen LogP contribution in [0.15, 0.2) is 36.7 Å². The van der Waals surface area contributed by atoms with Crippen LogP contribution in [0.25, 0.3) is 17.0 Å². The van der Waals surface area contributed by atoms with Gasteiger partial charge in [-0.3, -0.25) is 4.98 Å². The van der Waals surface area contributed by atoms with Crippen LogP contribution >= 0.6 is 0 Å². The van der Waals surface area contributed by atoms with E-state index in [9.17, 15) is 8.78 Å². The molecule has 27 heavy (non-hydrogen) atoms. The minimum Gasteiger partial charge on any atom is -0.326 e. The molecule has 8 heteroatoms. The standard InChI is InChI=1S/C19H16F2N6/c1-11-8-22-12(2)16-24-18(25-27(11)16)19(20,21)7-14-10-26-9-13-5-3-4-6-15(13)17(26)23-14/h3-6,8,10H,7,9H2,1-2H3. The third-order valence-corrected chi connectivity index (χ3v) is 4.87. The largest absolute Gasteiger partial charge is 0.326 e. The van der Waals surface area contributed by atoms with Crippen molar-refractivity contribution in [2.45, 2.75) is 32.7 Å². The Morgan fingerprint density at radius 3 is 2.78 bits per heavy atom. The van der Waals surface area contributed by atoms with E-state index in [1.54, 1.807) is 26.2 Å². The molecule has 6 nitrogen and oxygen atoms in total. The first-order valence-corrected chi connectivity index (χ1v) is 8.64. The van der Waals surface area contributed by atoms with Gasteiger partial charge in [0.1, 0.15) is 5.82 Å². The Morgan fingerprint density at radius 1 is 1.15 bits per heavy atom. The van der Waals surface area contributed by atoms with Gasteiger partial charge in [0.25, 0.3) is 0 Å². The molecule has 0 N–H and O–H groups in total. The lowest BCUT2D eigenvalue weighted by atomic mass is 10.1. The number of hydrogen-bond acceptors (Lipinski definition) is 4. The molecule has 0 saturated heterocycles. The van der Waals surface area contributed by atoms with Gasteiger partial charge >= 0.3 is 5.92 Å². The van der Waals surface area contributed by atoms with Crippen molar-refractivity contribution in [3.8, 4) is 11.4 Å². The summed E-state index contributed by atoms with van der Waals surface area (Å²) in [7, 11) is 0. The molecule has 1 aliphatic heterocycles. The fourth-order valence-electron chi connectivity index (χ4n) is 3.51. The highest BCUT2D eigenvalue weighted by molar-refractivity contribution is 5.65. The summed E-state index contributed by atoms with van der Waals surface area (Å²) in [6.45, 7) is 4.14. The van der Waals surface area contributed by atoms with Crippen LogP contribution in [0.5, 0.6) is 0 Å². The zero-order chi connectivity index (χ0) is 18.8. The Hall–Kier alpha value is -3.16. The van der Waals surface area contributed by atoms with Crippen LogP contribution < -0.4 is 0 Å². The van der Waals surface area contributed by atoms with Gasteiger partial charge in [-0.25, -0.2) is 14.5 Å². The molecule has 0 radical (unpaired) electrons. The molecule has 0 atom stereocenters. The third-order valence-electron chi connectivity index (χ3n) is 4.87. The molecule has 5 rings (SSSR count). The van der Waals surface area contributed by atoms with Crippen molar-refractivity contribution in [2.75, 3.05) is 0 Å². The number of aryl methyl sites for hydroxylation is 2. The van der Waals surface area contributed by atoms with Crippen molar-refractivity contribution in [3.63, 3.8) is 0 Å². The normalized spacial score (nSPS) is 13.2. The molecule has 136 valence electrons. The Morgan fingerprint density at radius 2 is 1.96 bits per heavy atom. The van der Waals surface area contributed by atoms with Crippen molar-refractivity contribution in [2.24, 2.45) is 0 Å². The highest BCUT2D eigenvalue weighted by Crippen LogP contribution is 2.34.